The maximum Gasteiger partial charge on any atom is 0.256 e. The lowest BCUT2D eigenvalue weighted by molar-refractivity contribution is 0.102. The number of carbonyl (C=O) groups excluding carboxylic acids is 1. The molecule has 2 aromatic carbocycles. The van der Waals surface area contributed by atoms with Crippen LogP contribution in [-0.2, 0) is 0 Å². The van der Waals surface area contributed by atoms with E-state index in [4.69, 9.17) is 15.2 Å². The fourth-order valence-electron chi connectivity index (χ4n) is 2.22. The Morgan fingerprint density at radius 2 is 1.90 bits per heavy atom. The number of nitrogens with two attached hydrogens (primary N) is 1. The molecule has 2 aromatic rings. The van der Waals surface area contributed by atoms with Gasteiger partial charge in [0.25, 0.3) is 5.91 Å². The number of benzene rings is 2. The molecule has 0 aliphatic carbocycles. The molecule has 0 saturated carbocycles. The molecule has 1 amide bonds. The topological polar surface area (TPSA) is 73.6 Å². The first-order chi connectivity index (χ1) is 10.1. The Morgan fingerprint density at radius 3 is 2.71 bits per heavy atom. The molecule has 0 radical (unpaired) electrons. The van der Waals surface area contributed by atoms with Crippen LogP contribution in [0.3, 0.4) is 0 Å². The van der Waals surface area contributed by atoms with Crippen molar-refractivity contribution in [2.45, 2.75) is 6.92 Å². The predicted octanol–water partition coefficient (Wildman–Crippen LogP) is 2.60. The third-order valence-corrected chi connectivity index (χ3v) is 3.42. The Kier molecular flexibility index (Phi) is 3.39. The maximum absolute atomic E-state index is 12.3. The third-order valence-electron chi connectivity index (χ3n) is 3.42. The minimum Gasteiger partial charge on any atom is -0.486 e. The number of amides is 1. The first-order valence-corrected chi connectivity index (χ1v) is 6.71. The van der Waals surface area contributed by atoms with Gasteiger partial charge in [-0.05, 0) is 36.8 Å². The molecule has 0 atom stereocenters. The summed E-state index contributed by atoms with van der Waals surface area (Å²) in [6.07, 6.45) is 0. The average molecular weight is 284 g/mol. The Bertz CT molecular complexity index is 698. The highest BCUT2D eigenvalue weighted by Gasteiger charge is 2.14. The molecule has 5 heteroatoms. The van der Waals surface area contributed by atoms with Crippen LogP contribution in [0.1, 0.15) is 15.9 Å². The van der Waals surface area contributed by atoms with Gasteiger partial charge >= 0.3 is 0 Å². The monoisotopic (exact) mass is 284 g/mol. The number of anilines is 2. The van der Waals surface area contributed by atoms with Crippen LogP contribution in [0.5, 0.6) is 11.5 Å². The van der Waals surface area contributed by atoms with Crippen LogP contribution in [0.2, 0.25) is 0 Å². The van der Waals surface area contributed by atoms with Crippen molar-refractivity contribution in [2.24, 2.45) is 0 Å². The molecular weight excluding hydrogens is 268 g/mol. The molecule has 0 saturated heterocycles. The number of nitrogen functional groups attached to an aromatic ring is 1. The van der Waals surface area contributed by atoms with Crippen molar-refractivity contribution in [3.05, 3.63) is 47.5 Å². The number of hydrogen-bond donors (Lipinski definition) is 2. The van der Waals surface area contributed by atoms with Gasteiger partial charge in [0.1, 0.15) is 13.2 Å². The first-order valence-electron chi connectivity index (χ1n) is 6.71. The molecule has 3 N–H and O–H groups in total. The highest BCUT2D eigenvalue weighted by molar-refractivity contribution is 6.06. The van der Waals surface area contributed by atoms with Gasteiger partial charge in [0.15, 0.2) is 11.5 Å². The number of nitrogens with one attached hydrogen (secondary N) is 1. The molecule has 0 fully saturated rings. The minimum atomic E-state index is -0.198. The van der Waals surface area contributed by atoms with Crippen LogP contribution >= 0.6 is 0 Å². The first kappa shape index (κ1) is 13.3. The van der Waals surface area contributed by atoms with Crippen molar-refractivity contribution in [1.82, 2.24) is 0 Å². The van der Waals surface area contributed by atoms with Gasteiger partial charge in [-0.25, -0.2) is 0 Å². The Morgan fingerprint density at radius 1 is 1.14 bits per heavy atom. The number of fused-ring (bicyclic) bond motifs is 1. The lowest BCUT2D eigenvalue weighted by Gasteiger charge is -2.19. The zero-order valence-electron chi connectivity index (χ0n) is 11.7. The van der Waals surface area contributed by atoms with Crippen molar-refractivity contribution >= 4 is 17.3 Å². The second-order valence-corrected chi connectivity index (χ2v) is 4.83. The van der Waals surface area contributed by atoms with Crippen LogP contribution in [0.15, 0.2) is 36.4 Å². The second-order valence-electron chi connectivity index (χ2n) is 4.83. The highest BCUT2D eigenvalue weighted by atomic mass is 16.6. The molecule has 1 aliphatic rings. The molecule has 5 nitrogen and oxygen atoms in total. The Balaban J connectivity index is 1.83. The van der Waals surface area contributed by atoms with Crippen molar-refractivity contribution in [3.8, 4) is 11.5 Å². The van der Waals surface area contributed by atoms with Gasteiger partial charge in [0.2, 0.25) is 0 Å². The smallest absolute Gasteiger partial charge is 0.256 e. The number of ether oxygens (including phenoxy) is 2. The van der Waals surface area contributed by atoms with E-state index in [0.29, 0.717) is 41.7 Å². The molecule has 108 valence electrons. The lowest BCUT2D eigenvalue weighted by atomic mass is 10.1. The van der Waals surface area contributed by atoms with Crippen LogP contribution in [0.4, 0.5) is 11.4 Å². The van der Waals surface area contributed by atoms with E-state index in [1.54, 1.807) is 36.4 Å². The van der Waals surface area contributed by atoms with E-state index in [-0.39, 0.29) is 5.91 Å². The summed E-state index contributed by atoms with van der Waals surface area (Å²) in [5.41, 5.74) is 8.42. The molecule has 0 aromatic heterocycles. The molecule has 0 bridgehead atoms. The molecule has 21 heavy (non-hydrogen) atoms. The Hall–Kier alpha value is -2.69. The van der Waals surface area contributed by atoms with Gasteiger partial charge in [-0.2, -0.15) is 0 Å². The summed E-state index contributed by atoms with van der Waals surface area (Å²) in [6.45, 7) is 2.88. The largest absolute Gasteiger partial charge is 0.486 e. The summed E-state index contributed by atoms with van der Waals surface area (Å²) in [6, 6.07) is 10.6. The van der Waals surface area contributed by atoms with Gasteiger partial charge in [0.05, 0.1) is 0 Å². The molecule has 0 spiro atoms. The van der Waals surface area contributed by atoms with Crippen molar-refractivity contribution in [2.75, 3.05) is 24.3 Å². The summed E-state index contributed by atoms with van der Waals surface area (Å²) in [7, 11) is 0. The van der Waals surface area contributed by atoms with E-state index < -0.39 is 0 Å². The molecule has 1 heterocycles. The van der Waals surface area contributed by atoms with Gasteiger partial charge in [-0.15, -0.1) is 0 Å². The average Bonchev–Trinajstić information content (AvgIpc) is 2.50. The zero-order chi connectivity index (χ0) is 14.8. The molecule has 1 aliphatic heterocycles. The number of rotatable bonds is 2. The SMILES string of the molecule is Cc1c(N)cccc1C(=O)Nc1ccc2c(c1)OCCO2. The summed E-state index contributed by atoms with van der Waals surface area (Å²) in [5.74, 6) is 1.14. The second kappa shape index (κ2) is 5.36. The van der Waals surface area contributed by atoms with E-state index >= 15 is 0 Å². The standard InChI is InChI=1S/C16H16N2O3/c1-10-12(3-2-4-13(10)17)16(19)18-11-5-6-14-15(9-11)21-8-7-20-14/h2-6,9H,7-8,17H2,1H3,(H,18,19). The molecule has 3 rings (SSSR count). The van der Waals surface area contributed by atoms with E-state index in [9.17, 15) is 4.79 Å². The third kappa shape index (κ3) is 2.63. The minimum absolute atomic E-state index is 0.198. The predicted molar refractivity (Wildman–Crippen MR) is 81.0 cm³/mol. The van der Waals surface area contributed by atoms with Crippen LogP contribution < -0.4 is 20.5 Å². The normalized spacial score (nSPS) is 12.8. The number of hydrogen-bond acceptors (Lipinski definition) is 4. The van der Waals surface area contributed by atoms with Crippen LogP contribution in [0, 0.1) is 6.92 Å². The summed E-state index contributed by atoms with van der Waals surface area (Å²) in [5, 5.41) is 2.85. The van der Waals surface area contributed by atoms with Crippen LogP contribution in [0.25, 0.3) is 0 Å². The van der Waals surface area contributed by atoms with Crippen LogP contribution in [-0.4, -0.2) is 19.1 Å². The molecular formula is C16H16N2O3. The van der Waals surface area contributed by atoms with E-state index in [2.05, 4.69) is 5.32 Å². The number of carbonyl (C=O) groups is 1. The van der Waals surface area contributed by atoms with Gasteiger partial charge in [-0.1, -0.05) is 6.07 Å². The van der Waals surface area contributed by atoms with Gasteiger partial charge in [0, 0.05) is 23.0 Å². The lowest BCUT2D eigenvalue weighted by Crippen LogP contribution is -2.17. The van der Waals surface area contributed by atoms with Crippen molar-refractivity contribution < 1.29 is 14.3 Å². The summed E-state index contributed by atoms with van der Waals surface area (Å²) < 4.78 is 10.9. The van der Waals surface area contributed by atoms with Crippen molar-refractivity contribution in [1.29, 1.82) is 0 Å². The van der Waals surface area contributed by atoms with E-state index in [1.165, 1.54) is 0 Å². The van der Waals surface area contributed by atoms with E-state index in [1.807, 2.05) is 6.92 Å². The summed E-state index contributed by atoms with van der Waals surface area (Å²) >= 11 is 0. The van der Waals surface area contributed by atoms with Crippen molar-refractivity contribution in [3.63, 3.8) is 0 Å². The zero-order valence-corrected chi connectivity index (χ0v) is 11.7. The summed E-state index contributed by atoms with van der Waals surface area (Å²) in [4.78, 5) is 12.3. The highest BCUT2D eigenvalue weighted by Crippen LogP contribution is 2.32. The quantitative estimate of drug-likeness (QED) is 0.831. The van der Waals surface area contributed by atoms with Gasteiger partial charge in [-0.3, -0.25) is 4.79 Å². The van der Waals surface area contributed by atoms with E-state index in [0.717, 1.165) is 5.56 Å². The maximum atomic E-state index is 12.3. The fraction of sp³-hybridized carbons (Fsp3) is 0.188. The van der Waals surface area contributed by atoms with Gasteiger partial charge < -0.3 is 20.5 Å². The molecule has 0 unspecified atom stereocenters. The fourth-order valence-corrected chi connectivity index (χ4v) is 2.22. The Labute approximate surface area is 122 Å².